The standard InChI is InChI=1S/C14H20Cl2N2O2.ClH/c1-14(2,17)9-18-12(19)7-4-8-20-11-6-3-5-10(15)13(11)16;/h3,5-6H,4,7-9,17H2,1-2H3,(H,18,19);1H. The first-order valence-corrected chi connectivity index (χ1v) is 7.17. The maximum Gasteiger partial charge on any atom is 0.220 e. The molecular formula is C14H21Cl3N2O2. The van der Waals surface area contributed by atoms with Gasteiger partial charge in [-0.05, 0) is 32.4 Å². The van der Waals surface area contributed by atoms with Crippen LogP contribution in [0.5, 0.6) is 5.75 Å². The molecule has 3 N–H and O–H groups in total. The molecule has 0 atom stereocenters. The van der Waals surface area contributed by atoms with Gasteiger partial charge in [0.25, 0.3) is 0 Å². The molecule has 1 amide bonds. The van der Waals surface area contributed by atoms with E-state index in [0.29, 0.717) is 41.8 Å². The zero-order valence-corrected chi connectivity index (χ0v) is 14.4. The summed E-state index contributed by atoms with van der Waals surface area (Å²) >= 11 is 11.9. The number of halogens is 3. The quantitative estimate of drug-likeness (QED) is 0.737. The highest BCUT2D eigenvalue weighted by atomic mass is 35.5. The number of carbonyl (C=O) groups is 1. The van der Waals surface area contributed by atoms with Crippen LogP contribution in [-0.4, -0.2) is 24.6 Å². The molecule has 0 aliphatic heterocycles. The van der Waals surface area contributed by atoms with Crippen molar-refractivity contribution in [2.24, 2.45) is 5.73 Å². The van der Waals surface area contributed by atoms with Gasteiger partial charge in [0.2, 0.25) is 5.91 Å². The van der Waals surface area contributed by atoms with E-state index in [1.165, 1.54) is 0 Å². The van der Waals surface area contributed by atoms with Crippen molar-refractivity contribution in [1.29, 1.82) is 0 Å². The van der Waals surface area contributed by atoms with Gasteiger partial charge < -0.3 is 15.8 Å². The Bertz CT molecular complexity index is 462. The molecular weight excluding hydrogens is 335 g/mol. The van der Waals surface area contributed by atoms with Crippen LogP contribution in [0.3, 0.4) is 0 Å². The van der Waals surface area contributed by atoms with Crippen molar-refractivity contribution in [3.8, 4) is 5.75 Å². The summed E-state index contributed by atoms with van der Waals surface area (Å²) in [6.45, 7) is 4.57. The average molecular weight is 356 g/mol. The van der Waals surface area contributed by atoms with Crippen molar-refractivity contribution in [1.82, 2.24) is 5.32 Å². The summed E-state index contributed by atoms with van der Waals surface area (Å²) in [5.41, 5.74) is 5.38. The second kappa shape index (κ2) is 9.36. The van der Waals surface area contributed by atoms with E-state index >= 15 is 0 Å². The van der Waals surface area contributed by atoms with E-state index < -0.39 is 5.54 Å². The molecule has 21 heavy (non-hydrogen) atoms. The number of rotatable bonds is 7. The van der Waals surface area contributed by atoms with Crippen LogP contribution < -0.4 is 15.8 Å². The minimum absolute atomic E-state index is 0. The monoisotopic (exact) mass is 354 g/mol. The fourth-order valence-electron chi connectivity index (χ4n) is 1.43. The fourth-order valence-corrected chi connectivity index (χ4v) is 1.77. The number of hydrogen-bond donors (Lipinski definition) is 2. The Morgan fingerprint density at radius 1 is 1.38 bits per heavy atom. The minimum Gasteiger partial charge on any atom is -0.492 e. The Hall–Kier alpha value is -0.680. The number of hydrogen-bond acceptors (Lipinski definition) is 3. The predicted octanol–water partition coefficient (Wildman–Crippen LogP) is 3.43. The van der Waals surface area contributed by atoms with Crippen molar-refractivity contribution in [3.05, 3.63) is 28.2 Å². The molecule has 120 valence electrons. The van der Waals surface area contributed by atoms with Crippen LogP contribution >= 0.6 is 35.6 Å². The second-order valence-electron chi connectivity index (χ2n) is 5.27. The fraction of sp³-hybridized carbons (Fsp3) is 0.500. The lowest BCUT2D eigenvalue weighted by molar-refractivity contribution is -0.121. The summed E-state index contributed by atoms with van der Waals surface area (Å²) < 4.78 is 5.49. The third-order valence-electron chi connectivity index (χ3n) is 2.46. The summed E-state index contributed by atoms with van der Waals surface area (Å²) in [5.74, 6) is 0.493. The predicted molar refractivity (Wildman–Crippen MR) is 89.7 cm³/mol. The number of carbonyl (C=O) groups excluding carboxylic acids is 1. The summed E-state index contributed by atoms with van der Waals surface area (Å²) in [4.78, 5) is 11.6. The van der Waals surface area contributed by atoms with Crippen molar-refractivity contribution in [2.45, 2.75) is 32.2 Å². The molecule has 0 unspecified atom stereocenters. The van der Waals surface area contributed by atoms with Gasteiger partial charge in [-0.2, -0.15) is 0 Å². The van der Waals surface area contributed by atoms with Crippen LogP contribution in [0.25, 0.3) is 0 Å². The first-order chi connectivity index (χ1) is 9.29. The van der Waals surface area contributed by atoms with E-state index in [0.717, 1.165) is 0 Å². The lowest BCUT2D eigenvalue weighted by Crippen LogP contribution is -2.45. The van der Waals surface area contributed by atoms with Gasteiger partial charge in [0.1, 0.15) is 10.8 Å². The molecule has 0 radical (unpaired) electrons. The van der Waals surface area contributed by atoms with E-state index in [1.807, 2.05) is 13.8 Å². The van der Waals surface area contributed by atoms with Crippen LogP contribution in [0, 0.1) is 0 Å². The normalized spacial score (nSPS) is 10.7. The molecule has 0 fully saturated rings. The molecule has 0 spiro atoms. The molecule has 4 nitrogen and oxygen atoms in total. The SMILES string of the molecule is CC(C)(N)CNC(=O)CCCOc1cccc(Cl)c1Cl.Cl. The molecule has 0 aliphatic carbocycles. The van der Waals surface area contributed by atoms with Crippen LogP contribution in [0.1, 0.15) is 26.7 Å². The molecule has 1 aromatic carbocycles. The van der Waals surface area contributed by atoms with Gasteiger partial charge in [-0.3, -0.25) is 4.79 Å². The van der Waals surface area contributed by atoms with Gasteiger partial charge in [-0.25, -0.2) is 0 Å². The summed E-state index contributed by atoms with van der Waals surface area (Å²) in [6.07, 6.45) is 0.980. The minimum atomic E-state index is -0.402. The zero-order chi connectivity index (χ0) is 15.2. The Balaban J connectivity index is 0.00000400. The highest BCUT2D eigenvalue weighted by molar-refractivity contribution is 6.42. The summed E-state index contributed by atoms with van der Waals surface area (Å²) in [5, 5.41) is 3.62. The number of nitrogens with one attached hydrogen (secondary N) is 1. The van der Waals surface area contributed by atoms with E-state index in [-0.39, 0.29) is 18.3 Å². The van der Waals surface area contributed by atoms with Crippen molar-refractivity contribution in [2.75, 3.05) is 13.2 Å². The van der Waals surface area contributed by atoms with Crippen molar-refractivity contribution in [3.63, 3.8) is 0 Å². The maximum atomic E-state index is 11.6. The first-order valence-electron chi connectivity index (χ1n) is 6.42. The molecule has 1 aromatic rings. The van der Waals surface area contributed by atoms with E-state index in [4.69, 9.17) is 33.7 Å². The van der Waals surface area contributed by atoms with Gasteiger partial charge in [0.15, 0.2) is 0 Å². The zero-order valence-electron chi connectivity index (χ0n) is 12.1. The number of benzene rings is 1. The summed E-state index contributed by atoms with van der Waals surface area (Å²) in [7, 11) is 0. The van der Waals surface area contributed by atoms with Crippen molar-refractivity contribution >= 4 is 41.5 Å². The van der Waals surface area contributed by atoms with Gasteiger partial charge >= 0.3 is 0 Å². The molecule has 0 bridgehead atoms. The molecule has 0 aromatic heterocycles. The molecule has 0 heterocycles. The Labute approximate surface area is 141 Å². The average Bonchev–Trinajstić information content (AvgIpc) is 2.36. The second-order valence-corrected chi connectivity index (χ2v) is 6.05. The molecule has 7 heteroatoms. The lowest BCUT2D eigenvalue weighted by atomic mass is 10.1. The van der Waals surface area contributed by atoms with Gasteiger partial charge in [-0.15, -0.1) is 12.4 Å². The Kier molecular flexibility index (Phi) is 9.06. The lowest BCUT2D eigenvalue weighted by Gasteiger charge is -2.18. The first kappa shape index (κ1) is 20.3. The third kappa shape index (κ3) is 8.37. The Morgan fingerprint density at radius 3 is 2.67 bits per heavy atom. The largest absolute Gasteiger partial charge is 0.492 e. The number of amides is 1. The molecule has 0 aliphatic rings. The van der Waals surface area contributed by atoms with Crippen LogP contribution in [0.2, 0.25) is 10.0 Å². The molecule has 0 saturated heterocycles. The van der Waals surface area contributed by atoms with E-state index in [2.05, 4.69) is 5.32 Å². The summed E-state index contributed by atoms with van der Waals surface area (Å²) in [6, 6.07) is 5.20. The molecule has 1 rings (SSSR count). The third-order valence-corrected chi connectivity index (χ3v) is 3.26. The van der Waals surface area contributed by atoms with E-state index in [1.54, 1.807) is 18.2 Å². The maximum absolute atomic E-state index is 11.6. The van der Waals surface area contributed by atoms with Gasteiger partial charge in [0.05, 0.1) is 11.6 Å². The van der Waals surface area contributed by atoms with Crippen LogP contribution in [0.15, 0.2) is 18.2 Å². The Morgan fingerprint density at radius 2 is 2.05 bits per heavy atom. The highest BCUT2D eigenvalue weighted by Gasteiger charge is 2.12. The molecule has 0 saturated carbocycles. The van der Waals surface area contributed by atoms with Crippen LogP contribution in [0.4, 0.5) is 0 Å². The van der Waals surface area contributed by atoms with Crippen molar-refractivity contribution < 1.29 is 9.53 Å². The van der Waals surface area contributed by atoms with Gasteiger partial charge in [0, 0.05) is 18.5 Å². The number of nitrogens with two attached hydrogens (primary N) is 1. The van der Waals surface area contributed by atoms with E-state index in [9.17, 15) is 4.79 Å². The van der Waals surface area contributed by atoms with Crippen LogP contribution in [-0.2, 0) is 4.79 Å². The van der Waals surface area contributed by atoms with Gasteiger partial charge in [-0.1, -0.05) is 29.3 Å². The number of ether oxygens (including phenoxy) is 1. The topological polar surface area (TPSA) is 64.3 Å². The smallest absolute Gasteiger partial charge is 0.220 e. The highest BCUT2D eigenvalue weighted by Crippen LogP contribution is 2.31.